The molecule has 1 heterocycles. The Bertz CT molecular complexity index is 315. The van der Waals surface area contributed by atoms with Crippen molar-refractivity contribution >= 4 is 11.5 Å². The second-order valence-corrected chi connectivity index (χ2v) is 4.10. The lowest BCUT2D eigenvalue weighted by atomic mass is 10.2. The van der Waals surface area contributed by atoms with Gasteiger partial charge in [-0.3, -0.25) is 0 Å². The van der Waals surface area contributed by atoms with Crippen LogP contribution in [0.3, 0.4) is 0 Å². The molecule has 4 nitrogen and oxygen atoms in total. The number of ether oxygens (including phenoxy) is 1. The van der Waals surface area contributed by atoms with E-state index >= 15 is 0 Å². The van der Waals surface area contributed by atoms with Crippen molar-refractivity contribution in [2.24, 2.45) is 0 Å². The molecule has 0 spiro atoms. The summed E-state index contributed by atoms with van der Waals surface area (Å²) in [7, 11) is 5.71. The lowest BCUT2D eigenvalue weighted by molar-refractivity contribution is 0.191. The van der Waals surface area contributed by atoms with Gasteiger partial charge in [0, 0.05) is 40.1 Å². The van der Waals surface area contributed by atoms with Crippen molar-refractivity contribution in [1.29, 1.82) is 0 Å². The minimum Gasteiger partial charge on any atom is -0.385 e. The Morgan fingerprint density at radius 3 is 2.88 bits per heavy atom. The summed E-state index contributed by atoms with van der Waals surface area (Å²) in [5.74, 6) is 0.965. The van der Waals surface area contributed by atoms with E-state index in [4.69, 9.17) is 4.74 Å². The monoisotopic (exact) mass is 223 g/mol. The lowest BCUT2D eigenvalue weighted by Crippen LogP contribution is -2.20. The molecule has 1 unspecified atom stereocenters. The number of nitrogens with zero attached hydrogens (tertiary/aromatic N) is 2. The highest BCUT2D eigenvalue weighted by Gasteiger charge is 2.08. The van der Waals surface area contributed by atoms with Crippen LogP contribution in [0, 0.1) is 0 Å². The van der Waals surface area contributed by atoms with E-state index < -0.39 is 0 Å². The zero-order chi connectivity index (χ0) is 12.0. The topological polar surface area (TPSA) is 37.4 Å². The van der Waals surface area contributed by atoms with Gasteiger partial charge in [-0.25, -0.2) is 4.98 Å². The molecule has 0 aliphatic carbocycles. The van der Waals surface area contributed by atoms with E-state index in [1.165, 1.54) is 0 Å². The van der Waals surface area contributed by atoms with Gasteiger partial charge < -0.3 is 15.0 Å². The summed E-state index contributed by atoms with van der Waals surface area (Å²) in [5.41, 5.74) is 1.07. The molecule has 0 bridgehead atoms. The maximum atomic E-state index is 5.06. The Balaban J connectivity index is 2.65. The molecule has 0 aromatic carbocycles. The average molecular weight is 223 g/mol. The Morgan fingerprint density at radius 2 is 2.25 bits per heavy atom. The average Bonchev–Trinajstić information content (AvgIpc) is 2.27. The minimum atomic E-state index is 0.378. The molecule has 0 fully saturated rings. The zero-order valence-electron chi connectivity index (χ0n) is 10.5. The van der Waals surface area contributed by atoms with Gasteiger partial charge in [0.05, 0.1) is 5.69 Å². The molecule has 4 heteroatoms. The number of hydrogen-bond acceptors (Lipinski definition) is 4. The van der Waals surface area contributed by atoms with Crippen LogP contribution in [0.4, 0.5) is 11.5 Å². The second-order valence-electron chi connectivity index (χ2n) is 4.10. The summed E-state index contributed by atoms with van der Waals surface area (Å²) in [6, 6.07) is 4.37. The van der Waals surface area contributed by atoms with E-state index in [2.05, 4.69) is 17.2 Å². The fourth-order valence-electron chi connectivity index (χ4n) is 1.50. The predicted molar refractivity (Wildman–Crippen MR) is 68.1 cm³/mol. The SMILES string of the molecule is COCCC(C)Nc1cccnc1N(C)C. The van der Waals surface area contributed by atoms with Crippen LogP contribution >= 0.6 is 0 Å². The van der Waals surface area contributed by atoms with Gasteiger partial charge in [0.25, 0.3) is 0 Å². The Labute approximate surface area is 97.6 Å². The van der Waals surface area contributed by atoms with Gasteiger partial charge in [-0.15, -0.1) is 0 Å². The number of nitrogens with one attached hydrogen (secondary N) is 1. The van der Waals surface area contributed by atoms with Gasteiger partial charge in [-0.1, -0.05) is 0 Å². The highest BCUT2D eigenvalue weighted by Crippen LogP contribution is 2.21. The minimum absolute atomic E-state index is 0.378. The highest BCUT2D eigenvalue weighted by molar-refractivity contribution is 5.64. The molecular weight excluding hydrogens is 202 g/mol. The van der Waals surface area contributed by atoms with Crippen molar-refractivity contribution in [3.63, 3.8) is 0 Å². The van der Waals surface area contributed by atoms with Crippen LogP contribution in [-0.2, 0) is 4.74 Å². The number of rotatable bonds is 6. The first-order valence-corrected chi connectivity index (χ1v) is 5.53. The van der Waals surface area contributed by atoms with Crippen LogP contribution in [0.15, 0.2) is 18.3 Å². The van der Waals surface area contributed by atoms with E-state index in [9.17, 15) is 0 Å². The standard InChI is InChI=1S/C12H21N3O/c1-10(7-9-16-4)14-11-6-5-8-13-12(11)15(2)3/h5-6,8,10,14H,7,9H2,1-4H3. The molecule has 90 valence electrons. The number of aromatic nitrogens is 1. The van der Waals surface area contributed by atoms with E-state index in [1.807, 2.05) is 31.1 Å². The number of hydrogen-bond donors (Lipinski definition) is 1. The first-order valence-electron chi connectivity index (χ1n) is 5.53. The van der Waals surface area contributed by atoms with Gasteiger partial charge in [0.15, 0.2) is 5.82 Å². The number of methoxy groups -OCH3 is 1. The normalized spacial score (nSPS) is 12.2. The van der Waals surface area contributed by atoms with Crippen LogP contribution in [0.2, 0.25) is 0 Å². The van der Waals surface area contributed by atoms with E-state index in [-0.39, 0.29) is 0 Å². The van der Waals surface area contributed by atoms with Crippen molar-refractivity contribution in [1.82, 2.24) is 4.98 Å². The van der Waals surface area contributed by atoms with Crippen molar-refractivity contribution in [3.05, 3.63) is 18.3 Å². The van der Waals surface area contributed by atoms with Gasteiger partial charge >= 0.3 is 0 Å². The van der Waals surface area contributed by atoms with Crippen LogP contribution in [0.25, 0.3) is 0 Å². The fourth-order valence-corrected chi connectivity index (χ4v) is 1.50. The molecule has 1 N–H and O–H groups in total. The van der Waals surface area contributed by atoms with Gasteiger partial charge in [0.1, 0.15) is 0 Å². The molecular formula is C12H21N3O. The Morgan fingerprint density at radius 1 is 1.50 bits per heavy atom. The quantitative estimate of drug-likeness (QED) is 0.800. The molecule has 1 aromatic rings. The first kappa shape index (κ1) is 12.8. The third-order valence-corrected chi connectivity index (χ3v) is 2.37. The highest BCUT2D eigenvalue weighted by atomic mass is 16.5. The second kappa shape index (κ2) is 6.33. The van der Waals surface area contributed by atoms with Crippen molar-refractivity contribution in [3.8, 4) is 0 Å². The van der Waals surface area contributed by atoms with Crippen LogP contribution in [-0.4, -0.2) is 38.8 Å². The summed E-state index contributed by atoms with van der Waals surface area (Å²) in [6.45, 7) is 2.91. The summed E-state index contributed by atoms with van der Waals surface area (Å²) in [4.78, 5) is 6.35. The van der Waals surface area contributed by atoms with E-state index in [0.717, 1.165) is 24.5 Å². The Hall–Kier alpha value is -1.29. The maximum absolute atomic E-state index is 5.06. The van der Waals surface area contributed by atoms with Crippen LogP contribution in [0.5, 0.6) is 0 Å². The molecule has 0 saturated carbocycles. The summed E-state index contributed by atoms with van der Waals surface area (Å²) in [6.07, 6.45) is 2.79. The van der Waals surface area contributed by atoms with Crippen molar-refractivity contribution in [2.45, 2.75) is 19.4 Å². The van der Waals surface area contributed by atoms with Crippen molar-refractivity contribution < 1.29 is 4.74 Å². The molecule has 0 aliphatic heterocycles. The number of pyridine rings is 1. The fraction of sp³-hybridized carbons (Fsp3) is 0.583. The molecule has 1 aromatic heterocycles. The Kier molecular flexibility index (Phi) is 5.05. The van der Waals surface area contributed by atoms with Gasteiger partial charge in [-0.2, -0.15) is 0 Å². The van der Waals surface area contributed by atoms with Crippen LogP contribution < -0.4 is 10.2 Å². The van der Waals surface area contributed by atoms with Crippen LogP contribution in [0.1, 0.15) is 13.3 Å². The molecule has 1 atom stereocenters. The molecule has 0 aliphatic rings. The molecule has 16 heavy (non-hydrogen) atoms. The van der Waals surface area contributed by atoms with Crippen molar-refractivity contribution in [2.75, 3.05) is 38.0 Å². The van der Waals surface area contributed by atoms with Gasteiger partial charge in [-0.05, 0) is 25.5 Å². The van der Waals surface area contributed by atoms with Gasteiger partial charge in [0.2, 0.25) is 0 Å². The summed E-state index contributed by atoms with van der Waals surface area (Å²) >= 11 is 0. The first-order chi connectivity index (χ1) is 7.65. The third kappa shape index (κ3) is 3.70. The van der Waals surface area contributed by atoms with E-state index in [0.29, 0.717) is 6.04 Å². The summed E-state index contributed by atoms with van der Waals surface area (Å²) < 4.78 is 5.06. The smallest absolute Gasteiger partial charge is 0.151 e. The third-order valence-electron chi connectivity index (χ3n) is 2.37. The van der Waals surface area contributed by atoms with E-state index in [1.54, 1.807) is 13.3 Å². The zero-order valence-corrected chi connectivity index (χ0v) is 10.5. The number of anilines is 2. The molecule has 0 saturated heterocycles. The molecule has 0 amide bonds. The summed E-state index contributed by atoms with van der Waals surface area (Å²) in [5, 5.41) is 3.44. The molecule has 1 rings (SSSR count). The maximum Gasteiger partial charge on any atom is 0.151 e. The molecule has 0 radical (unpaired) electrons. The largest absolute Gasteiger partial charge is 0.385 e. The predicted octanol–water partition coefficient (Wildman–Crippen LogP) is 1.98. The lowest BCUT2D eigenvalue weighted by Gasteiger charge is -2.20.